The molecule has 3 rings (SSSR count). The Bertz CT molecular complexity index is 402. The van der Waals surface area contributed by atoms with Crippen LogP contribution in [0.15, 0.2) is 4.52 Å². The number of nitrogens with one attached hydrogen (secondary N) is 1. The fraction of sp³-hybridized carbons (Fsp3) is 0.818. The second-order valence-electron chi connectivity index (χ2n) is 4.82. The molecule has 2 saturated heterocycles. The summed E-state index contributed by atoms with van der Waals surface area (Å²) in [7, 11) is 0. The molecule has 0 aromatic carbocycles. The molecule has 1 aromatic rings. The van der Waals surface area contributed by atoms with Gasteiger partial charge in [0, 0.05) is 24.6 Å². The van der Waals surface area contributed by atoms with E-state index in [1.807, 2.05) is 11.8 Å². The largest absolute Gasteiger partial charge is 0.368 e. The normalized spacial score (nSPS) is 26.8. The summed E-state index contributed by atoms with van der Waals surface area (Å²) < 4.78 is 16.5. The first-order chi connectivity index (χ1) is 8.75. The molecule has 0 bridgehead atoms. The zero-order chi connectivity index (χ0) is 12.4. The average Bonchev–Trinajstić information content (AvgIpc) is 2.84. The van der Waals surface area contributed by atoms with Crippen LogP contribution in [0.4, 0.5) is 0 Å². The first-order valence-electron chi connectivity index (χ1n) is 6.12. The summed E-state index contributed by atoms with van der Waals surface area (Å²) in [6.07, 6.45) is -0.0396. The van der Waals surface area contributed by atoms with E-state index in [1.165, 1.54) is 0 Å². The van der Waals surface area contributed by atoms with Crippen molar-refractivity contribution in [1.82, 2.24) is 15.5 Å². The number of thioether (sulfide) groups is 1. The van der Waals surface area contributed by atoms with E-state index in [-0.39, 0.29) is 11.7 Å². The van der Waals surface area contributed by atoms with Crippen LogP contribution < -0.4 is 5.32 Å². The minimum absolute atomic E-state index is 0.0396. The number of hydrogen-bond donors (Lipinski definition) is 1. The Morgan fingerprint density at radius 2 is 2.44 bits per heavy atom. The molecule has 1 unspecified atom stereocenters. The summed E-state index contributed by atoms with van der Waals surface area (Å²) in [5.41, 5.74) is -0.0914. The van der Waals surface area contributed by atoms with Crippen molar-refractivity contribution in [3.63, 3.8) is 0 Å². The fourth-order valence-corrected chi connectivity index (χ4v) is 2.75. The fourth-order valence-electron chi connectivity index (χ4n) is 1.91. The molecule has 6 nitrogen and oxygen atoms in total. The lowest BCUT2D eigenvalue weighted by Crippen LogP contribution is -2.58. The molecule has 0 spiro atoms. The van der Waals surface area contributed by atoms with Crippen molar-refractivity contribution in [3.8, 4) is 0 Å². The van der Waals surface area contributed by atoms with Crippen molar-refractivity contribution >= 4 is 11.8 Å². The topological polar surface area (TPSA) is 69.4 Å². The molecule has 100 valence electrons. The Hall–Kier alpha value is -0.630. The Balaban J connectivity index is 1.55. The molecule has 1 atom stereocenters. The molecule has 1 N–H and O–H groups in total. The standard InChI is InChI=1S/C11H17N3O3S/c1-11(6-12-7-11)16-4-9-13-10(14-17-9)8-5-18-3-2-15-8/h8,12H,2-7H2,1H3. The van der Waals surface area contributed by atoms with Crippen LogP contribution in [0.2, 0.25) is 0 Å². The molecule has 1 aromatic heterocycles. The molecule has 0 amide bonds. The van der Waals surface area contributed by atoms with Crippen LogP contribution in [0.3, 0.4) is 0 Å². The third kappa shape index (κ3) is 2.69. The molecule has 18 heavy (non-hydrogen) atoms. The second-order valence-corrected chi connectivity index (χ2v) is 5.97. The summed E-state index contributed by atoms with van der Waals surface area (Å²) in [5.74, 6) is 3.09. The average molecular weight is 271 g/mol. The van der Waals surface area contributed by atoms with Crippen LogP contribution in [0.1, 0.15) is 24.7 Å². The maximum Gasteiger partial charge on any atom is 0.252 e. The maximum atomic E-state index is 5.75. The van der Waals surface area contributed by atoms with Crippen molar-refractivity contribution in [1.29, 1.82) is 0 Å². The van der Waals surface area contributed by atoms with Crippen LogP contribution in [0.25, 0.3) is 0 Å². The number of rotatable bonds is 4. The Morgan fingerprint density at radius 3 is 3.11 bits per heavy atom. The van der Waals surface area contributed by atoms with Crippen molar-refractivity contribution < 1.29 is 14.0 Å². The SMILES string of the molecule is CC1(OCc2nc(C3CSCCO3)no2)CNC1. The van der Waals surface area contributed by atoms with Gasteiger partial charge >= 0.3 is 0 Å². The van der Waals surface area contributed by atoms with E-state index in [0.717, 1.165) is 31.2 Å². The number of hydrogen-bond acceptors (Lipinski definition) is 7. The third-order valence-electron chi connectivity index (χ3n) is 3.13. The quantitative estimate of drug-likeness (QED) is 0.866. The predicted molar refractivity (Wildman–Crippen MR) is 66.4 cm³/mol. The maximum absolute atomic E-state index is 5.75. The molecular weight excluding hydrogens is 254 g/mol. The van der Waals surface area contributed by atoms with Crippen LogP contribution in [0, 0.1) is 0 Å². The molecule has 0 aliphatic carbocycles. The molecule has 2 aliphatic rings. The minimum atomic E-state index is -0.0914. The molecule has 7 heteroatoms. The summed E-state index contributed by atoms with van der Waals surface area (Å²) >= 11 is 1.85. The third-order valence-corrected chi connectivity index (χ3v) is 4.12. The first kappa shape index (κ1) is 12.4. The van der Waals surface area contributed by atoms with Gasteiger partial charge in [0.15, 0.2) is 0 Å². The van der Waals surface area contributed by atoms with E-state index < -0.39 is 0 Å². The van der Waals surface area contributed by atoms with Gasteiger partial charge in [-0.05, 0) is 6.92 Å². The summed E-state index contributed by atoms with van der Waals surface area (Å²) in [6, 6.07) is 0. The monoisotopic (exact) mass is 271 g/mol. The van der Waals surface area contributed by atoms with E-state index in [2.05, 4.69) is 22.4 Å². The van der Waals surface area contributed by atoms with Crippen LogP contribution >= 0.6 is 11.8 Å². The molecule has 2 fully saturated rings. The Morgan fingerprint density at radius 1 is 1.56 bits per heavy atom. The first-order valence-corrected chi connectivity index (χ1v) is 7.27. The van der Waals surface area contributed by atoms with Gasteiger partial charge in [-0.25, -0.2) is 0 Å². The smallest absolute Gasteiger partial charge is 0.252 e. The lowest BCUT2D eigenvalue weighted by Gasteiger charge is -2.38. The van der Waals surface area contributed by atoms with E-state index in [4.69, 9.17) is 14.0 Å². The molecule has 0 saturated carbocycles. The predicted octanol–water partition coefficient (Wildman–Crippen LogP) is 0.753. The van der Waals surface area contributed by atoms with Gasteiger partial charge in [0.2, 0.25) is 5.82 Å². The summed E-state index contributed by atoms with van der Waals surface area (Å²) in [6.45, 7) is 4.93. The van der Waals surface area contributed by atoms with Gasteiger partial charge in [0.1, 0.15) is 12.7 Å². The summed E-state index contributed by atoms with van der Waals surface area (Å²) in [5, 5.41) is 7.14. The van der Waals surface area contributed by atoms with Gasteiger partial charge in [-0.1, -0.05) is 5.16 Å². The van der Waals surface area contributed by atoms with Gasteiger partial charge in [0.05, 0.1) is 12.2 Å². The van der Waals surface area contributed by atoms with Crippen molar-refractivity contribution in [2.24, 2.45) is 0 Å². The van der Waals surface area contributed by atoms with E-state index in [9.17, 15) is 0 Å². The van der Waals surface area contributed by atoms with Crippen LogP contribution in [0.5, 0.6) is 0 Å². The van der Waals surface area contributed by atoms with E-state index >= 15 is 0 Å². The Labute approximate surface area is 110 Å². The van der Waals surface area contributed by atoms with Crippen molar-refractivity contribution in [2.75, 3.05) is 31.2 Å². The Kier molecular flexibility index (Phi) is 3.56. The van der Waals surface area contributed by atoms with Gasteiger partial charge in [0.25, 0.3) is 5.89 Å². The zero-order valence-corrected chi connectivity index (χ0v) is 11.2. The van der Waals surface area contributed by atoms with E-state index in [0.29, 0.717) is 18.3 Å². The lowest BCUT2D eigenvalue weighted by molar-refractivity contribution is -0.0841. The molecule has 0 radical (unpaired) electrons. The molecular formula is C11H17N3O3S. The molecule has 3 heterocycles. The highest BCUT2D eigenvalue weighted by Crippen LogP contribution is 2.25. The van der Waals surface area contributed by atoms with Gasteiger partial charge in [-0.15, -0.1) is 0 Å². The zero-order valence-electron chi connectivity index (χ0n) is 10.3. The van der Waals surface area contributed by atoms with Crippen LogP contribution in [-0.4, -0.2) is 46.9 Å². The number of nitrogens with zero attached hydrogens (tertiary/aromatic N) is 2. The highest BCUT2D eigenvalue weighted by Gasteiger charge is 2.33. The van der Waals surface area contributed by atoms with Gasteiger partial charge < -0.3 is 19.3 Å². The lowest BCUT2D eigenvalue weighted by atomic mass is 10.0. The molecule has 2 aliphatic heterocycles. The minimum Gasteiger partial charge on any atom is -0.368 e. The highest BCUT2D eigenvalue weighted by molar-refractivity contribution is 7.99. The van der Waals surface area contributed by atoms with Crippen molar-refractivity contribution in [2.45, 2.75) is 25.2 Å². The van der Waals surface area contributed by atoms with Gasteiger partial charge in [-0.3, -0.25) is 0 Å². The van der Waals surface area contributed by atoms with E-state index in [1.54, 1.807) is 0 Å². The highest BCUT2D eigenvalue weighted by atomic mass is 32.2. The second kappa shape index (κ2) is 5.16. The number of aromatic nitrogens is 2. The summed E-state index contributed by atoms with van der Waals surface area (Å²) in [4.78, 5) is 4.33. The van der Waals surface area contributed by atoms with Gasteiger partial charge in [-0.2, -0.15) is 16.7 Å². The van der Waals surface area contributed by atoms with Crippen molar-refractivity contribution in [3.05, 3.63) is 11.7 Å². The number of ether oxygens (including phenoxy) is 2. The van der Waals surface area contributed by atoms with Crippen LogP contribution in [-0.2, 0) is 16.1 Å².